The van der Waals surface area contributed by atoms with Crippen molar-refractivity contribution in [1.82, 2.24) is 0 Å². The predicted octanol–water partition coefficient (Wildman–Crippen LogP) is -0.107. The van der Waals surface area contributed by atoms with Gasteiger partial charge in [0, 0.05) is 18.6 Å². The number of methoxy groups -OCH3 is 1. The summed E-state index contributed by atoms with van der Waals surface area (Å²) < 4.78 is 4.75. The van der Waals surface area contributed by atoms with Gasteiger partial charge in [0.2, 0.25) is 0 Å². The number of rotatable bonds is 7. The van der Waals surface area contributed by atoms with Gasteiger partial charge in [-0.25, -0.2) is 0 Å². The number of hydrogen-bond donors (Lipinski definition) is 0. The van der Waals surface area contributed by atoms with Gasteiger partial charge in [0.25, 0.3) is 0 Å². The summed E-state index contributed by atoms with van der Waals surface area (Å²) in [6.07, 6.45) is 2.70. The van der Waals surface area contributed by atoms with Gasteiger partial charge in [0.05, 0.1) is 7.11 Å². The topological polar surface area (TPSA) is 83.8 Å². The molecule has 1 aliphatic rings. The number of carbonyl (C=O) groups excluding carboxylic acids is 3. The van der Waals surface area contributed by atoms with Gasteiger partial charge in [-0.15, -0.1) is 12.3 Å². The van der Waals surface area contributed by atoms with Crippen LogP contribution in [0.5, 0.6) is 0 Å². The molecular formula is C17H24NNaO5. The van der Waals surface area contributed by atoms with Crippen LogP contribution in [-0.2, 0) is 24.0 Å². The molecule has 0 heterocycles. The van der Waals surface area contributed by atoms with E-state index in [1.165, 1.54) is 13.2 Å². The third kappa shape index (κ3) is 5.28. The molecule has 7 heteroatoms. The van der Waals surface area contributed by atoms with Crippen LogP contribution in [0.3, 0.4) is 0 Å². The fourth-order valence-electron chi connectivity index (χ4n) is 2.71. The van der Waals surface area contributed by atoms with Crippen molar-refractivity contribution in [1.29, 1.82) is 0 Å². The van der Waals surface area contributed by atoms with Crippen LogP contribution in [0.4, 0.5) is 0 Å². The average molecular weight is 345 g/mol. The Morgan fingerprint density at radius 3 is 2.54 bits per heavy atom. The molecule has 24 heavy (non-hydrogen) atoms. The van der Waals surface area contributed by atoms with Crippen molar-refractivity contribution in [3.05, 3.63) is 29.4 Å². The minimum Gasteiger partial charge on any atom is -0.564 e. The summed E-state index contributed by atoms with van der Waals surface area (Å²) >= 11 is 0. The number of carbonyl (C=O) groups is 3. The van der Waals surface area contributed by atoms with Crippen molar-refractivity contribution < 1.29 is 53.5 Å². The molecule has 0 aromatic heterocycles. The summed E-state index contributed by atoms with van der Waals surface area (Å²) in [5, 5.41) is 0. The van der Waals surface area contributed by atoms with E-state index in [9.17, 15) is 14.4 Å². The van der Waals surface area contributed by atoms with Gasteiger partial charge in [-0.1, -0.05) is 33.3 Å². The van der Waals surface area contributed by atoms with E-state index in [-0.39, 0.29) is 59.6 Å². The number of Topliss-reactive ketones (excluding diaryl/α,β-unsaturated/α-hetero) is 2. The zero-order chi connectivity index (χ0) is 17.6. The molecule has 1 rings (SSSR count). The number of ketones is 2. The van der Waals surface area contributed by atoms with Crippen molar-refractivity contribution in [2.24, 2.45) is 11.3 Å². The van der Waals surface area contributed by atoms with Gasteiger partial charge in [0.15, 0.2) is 11.6 Å². The molecule has 0 radical (unpaired) electrons. The first-order chi connectivity index (χ1) is 10.8. The SMILES string of the molecule is C=CCO[N-]C(CCC)=C1C(=O)CC(C)(C)C(C(=O)OC)C1=O.[Na+]. The van der Waals surface area contributed by atoms with Gasteiger partial charge in [-0.2, -0.15) is 0 Å². The zero-order valence-corrected chi connectivity index (χ0v) is 17.2. The Hall–Kier alpha value is -0.950. The number of nitrogens with zero attached hydrogens (tertiary/aromatic N) is 1. The number of esters is 1. The fraction of sp³-hybridized carbons (Fsp3) is 0.588. The molecule has 0 aliphatic heterocycles. The van der Waals surface area contributed by atoms with Gasteiger partial charge in [0.1, 0.15) is 5.92 Å². The standard InChI is InChI=1S/C17H25NO5.Na/c1-6-8-11(18-23-9-7-2)13-12(19)10-17(3,4)14(15(13)20)16(21)22-5;/h7,14H,2,6,8-10H2,1,3-5H3,(H,18,19,20);/q;+1/p-1. The van der Waals surface area contributed by atoms with Gasteiger partial charge in [-0.05, 0) is 11.8 Å². The van der Waals surface area contributed by atoms with E-state index in [4.69, 9.17) is 9.57 Å². The van der Waals surface area contributed by atoms with Crippen LogP contribution >= 0.6 is 0 Å². The minimum absolute atomic E-state index is 0. The first kappa shape index (κ1) is 23.1. The maximum Gasteiger partial charge on any atom is 1.00 e. The van der Waals surface area contributed by atoms with Gasteiger partial charge >= 0.3 is 35.5 Å². The molecule has 1 saturated carbocycles. The van der Waals surface area contributed by atoms with Crippen LogP contribution in [0.1, 0.15) is 40.0 Å². The Labute approximate surface area is 165 Å². The third-order valence-corrected chi connectivity index (χ3v) is 3.76. The summed E-state index contributed by atoms with van der Waals surface area (Å²) in [6.45, 7) is 9.03. The number of ether oxygens (including phenoxy) is 1. The Balaban J connectivity index is 0.00000529. The second-order valence-electron chi connectivity index (χ2n) is 6.16. The molecule has 1 aliphatic carbocycles. The zero-order valence-electron chi connectivity index (χ0n) is 15.2. The third-order valence-electron chi connectivity index (χ3n) is 3.76. The molecular weight excluding hydrogens is 321 g/mol. The van der Waals surface area contributed by atoms with E-state index in [0.29, 0.717) is 12.8 Å². The summed E-state index contributed by atoms with van der Waals surface area (Å²) in [7, 11) is 1.23. The summed E-state index contributed by atoms with van der Waals surface area (Å²) in [5.41, 5.74) is 3.37. The Morgan fingerprint density at radius 2 is 2.04 bits per heavy atom. The first-order valence-corrected chi connectivity index (χ1v) is 7.62. The maximum atomic E-state index is 12.8. The maximum absolute atomic E-state index is 12.8. The molecule has 1 atom stereocenters. The molecule has 1 unspecified atom stereocenters. The molecule has 6 nitrogen and oxygen atoms in total. The normalized spacial score (nSPS) is 21.6. The van der Waals surface area contributed by atoms with Crippen molar-refractivity contribution >= 4 is 17.5 Å². The van der Waals surface area contributed by atoms with Crippen LogP contribution in [0.25, 0.3) is 5.48 Å². The molecule has 0 bridgehead atoms. The van der Waals surface area contributed by atoms with Crippen LogP contribution in [0, 0.1) is 11.3 Å². The van der Waals surface area contributed by atoms with E-state index in [2.05, 4.69) is 12.1 Å². The largest absolute Gasteiger partial charge is 1.00 e. The summed E-state index contributed by atoms with van der Waals surface area (Å²) in [5.74, 6) is -2.49. The fourth-order valence-corrected chi connectivity index (χ4v) is 2.71. The number of allylic oxidation sites excluding steroid dienone is 2. The smallest absolute Gasteiger partial charge is 0.564 e. The monoisotopic (exact) mass is 345 g/mol. The molecule has 0 saturated heterocycles. The average Bonchev–Trinajstić information content (AvgIpc) is 2.45. The van der Waals surface area contributed by atoms with Crippen molar-refractivity contribution in [3.8, 4) is 0 Å². The van der Waals surface area contributed by atoms with Crippen molar-refractivity contribution in [3.63, 3.8) is 0 Å². The first-order valence-electron chi connectivity index (χ1n) is 7.62. The molecule has 0 aromatic carbocycles. The van der Waals surface area contributed by atoms with E-state index in [0.717, 1.165) is 0 Å². The Bertz CT molecular complexity index is 539. The van der Waals surface area contributed by atoms with Crippen LogP contribution < -0.4 is 29.6 Å². The second kappa shape index (κ2) is 10.1. The summed E-state index contributed by atoms with van der Waals surface area (Å²) in [6, 6.07) is 0. The Kier molecular flexibility index (Phi) is 9.73. The molecule has 0 amide bonds. The molecule has 0 aromatic rings. The van der Waals surface area contributed by atoms with Crippen LogP contribution in [0.2, 0.25) is 0 Å². The van der Waals surface area contributed by atoms with E-state index in [1.54, 1.807) is 13.8 Å². The number of hydrogen-bond acceptors (Lipinski definition) is 5. The minimum atomic E-state index is -1.01. The molecule has 1 fully saturated rings. The van der Waals surface area contributed by atoms with Gasteiger partial charge in [-0.3, -0.25) is 14.4 Å². The van der Waals surface area contributed by atoms with Crippen molar-refractivity contribution in [2.45, 2.75) is 40.0 Å². The van der Waals surface area contributed by atoms with E-state index < -0.39 is 23.1 Å². The molecule has 0 spiro atoms. The number of hydroxylamine groups is 1. The van der Waals surface area contributed by atoms with Crippen LogP contribution in [-0.4, -0.2) is 31.3 Å². The van der Waals surface area contributed by atoms with Crippen molar-refractivity contribution in [2.75, 3.05) is 13.7 Å². The quantitative estimate of drug-likeness (QED) is 0.0940. The second-order valence-corrected chi connectivity index (χ2v) is 6.16. The Morgan fingerprint density at radius 1 is 1.42 bits per heavy atom. The van der Waals surface area contributed by atoms with Gasteiger partial charge < -0.3 is 15.1 Å². The van der Waals surface area contributed by atoms with E-state index in [1.807, 2.05) is 6.92 Å². The molecule has 128 valence electrons. The molecule has 0 N–H and O–H groups in total. The summed E-state index contributed by atoms with van der Waals surface area (Å²) in [4.78, 5) is 42.3. The predicted molar refractivity (Wildman–Crippen MR) is 85.4 cm³/mol. The van der Waals surface area contributed by atoms with E-state index >= 15 is 0 Å². The van der Waals surface area contributed by atoms with Crippen LogP contribution in [0.15, 0.2) is 23.9 Å².